The van der Waals surface area contributed by atoms with Crippen LogP contribution in [0.5, 0.6) is 0 Å². The van der Waals surface area contributed by atoms with Crippen molar-refractivity contribution in [3.8, 4) is 0 Å². The molecule has 0 heterocycles. The molecule has 0 aliphatic heterocycles. The molecule has 0 aromatic heterocycles. The van der Waals surface area contributed by atoms with E-state index < -0.39 is 20.9 Å². The fourth-order valence-electron chi connectivity index (χ4n) is 3.39. The Hall–Kier alpha value is -3.98. The Morgan fingerprint density at radius 3 is 1.79 bits per heavy atom. The number of nitro groups is 1. The van der Waals surface area contributed by atoms with E-state index in [0.29, 0.717) is 16.7 Å². The van der Waals surface area contributed by atoms with Crippen LogP contribution in [-0.4, -0.2) is 37.3 Å². The van der Waals surface area contributed by atoms with Gasteiger partial charge >= 0.3 is 5.97 Å². The summed E-state index contributed by atoms with van der Waals surface area (Å²) < 4.78 is 33.2. The summed E-state index contributed by atoms with van der Waals surface area (Å²) in [6.45, 7) is 1.52. The number of sulfonamides is 1. The van der Waals surface area contributed by atoms with E-state index in [-0.39, 0.29) is 22.8 Å². The van der Waals surface area contributed by atoms with Gasteiger partial charge in [0, 0.05) is 24.3 Å². The van der Waals surface area contributed by atoms with Crippen LogP contribution in [0.3, 0.4) is 0 Å². The summed E-state index contributed by atoms with van der Waals surface area (Å²) in [4.78, 5) is 23.2. The van der Waals surface area contributed by atoms with Gasteiger partial charge in [0.2, 0.25) is 0 Å². The number of likely N-dealkylation sites (N-methyl/N-ethyl adjacent to an activating group) is 1. The molecule has 0 aliphatic carbocycles. The Morgan fingerprint density at radius 1 is 0.909 bits per heavy atom. The van der Waals surface area contributed by atoms with E-state index in [4.69, 9.17) is 4.74 Å². The lowest BCUT2D eigenvalue weighted by Crippen LogP contribution is -2.35. The highest BCUT2D eigenvalue weighted by Gasteiger charge is 2.33. The van der Waals surface area contributed by atoms with Gasteiger partial charge in [0.25, 0.3) is 15.7 Å². The van der Waals surface area contributed by atoms with E-state index in [1.807, 2.05) is 12.1 Å². The van der Waals surface area contributed by atoms with Gasteiger partial charge in [-0.3, -0.25) is 14.4 Å². The maximum atomic E-state index is 13.6. The lowest BCUT2D eigenvalue weighted by molar-refractivity contribution is -0.384. The van der Waals surface area contributed by atoms with E-state index in [2.05, 4.69) is 0 Å². The molecule has 0 atom stereocenters. The molecule has 0 amide bonds. The number of nitrogens with zero attached hydrogens (tertiary/aromatic N) is 2. The fourth-order valence-corrected chi connectivity index (χ4v) is 4.87. The number of esters is 1. The molecule has 0 saturated carbocycles. The third-order valence-electron chi connectivity index (χ3n) is 4.91. The number of carbonyl (C=O) groups excluding carboxylic acids is 1. The van der Waals surface area contributed by atoms with Crippen molar-refractivity contribution in [1.82, 2.24) is 4.31 Å². The van der Waals surface area contributed by atoms with Crippen LogP contribution in [-0.2, 0) is 19.6 Å². The van der Waals surface area contributed by atoms with Crippen LogP contribution in [0.15, 0.2) is 95.5 Å². The van der Waals surface area contributed by atoms with E-state index >= 15 is 0 Å². The normalized spacial score (nSPS) is 10.8. The van der Waals surface area contributed by atoms with Gasteiger partial charge in [-0.1, -0.05) is 60.7 Å². The van der Waals surface area contributed by atoms with Crippen molar-refractivity contribution in [2.75, 3.05) is 13.7 Å². The first-order chi connectivity index (χ1) is 15.8. The van der Waals surface area contributed by atoms with Crippen LogP contribution in [0, 0.1) is 10.1 Å². The van der Waals surface area contributed by atoms with Crippen molar-refractivity contribution in [2.24, 2.45) is 0 Å². The minimum Gasteiger partial charge on any atom is -0.464 e. The maximum Gasteiger partial charge on any atom is 0.356 e. The molecule has 0 saturated heterocycles. The highest BCUT2D eigenvalue weighted by Crippen LogP contribution is 2.32. The molecule has 0 aliphatic rings. The van der Waals surface area contributed by atoms with Crippen LogP contribution >= 0.6 is 0 Å². The number of hydrogen-bond donors (Lipinski definition) is 0. The highest BCUT2D eigenvalue weighted by atomic mass is 32.2. The third-order valence-corrected chi connectivity index (χ3v) is 6.80. The van der Waals surface area contributed by atoms with Gasteiger partial charge in [0.1, 0.15) is 5.70 Å². The predicted octanol–water partition coefficient (Wildman–Crippen LogP) is 4.24. The first kappa shape index (κ1) is 23.7. The number of non-ortho nitro benzene ring substituents is 1. The minimum atomic E-state index is -4.26. The van der Waals surface area contributed by atoms with Crippen LogP contribution in [0.4, 0.5) is 5.69 Å². The zero-order valence-corrected chi connectivity index (χ0v) is 18.9. The summed E-state index contributed by atoms with van der Waals surface area (Å²) >= 11 is 0. The Morgan fingerprint density at radius 2 is 1.39 bits per heavy atom. The zero-order chi connectivity index (χ0) is 24.0. The average Bonchev–Trinajstić information content (AvgIpc) is 2.84. The summed E-state index contributed by atoms with van der Waals surface area (Å²) in [5.74, 6) is -0.829. The second-order valence-corrected chi connectivity index (χ2v) is 8.73. The van der Waals surface area contributed by atoms with Crippen molar-refractivity contribution < 1.29 is 22.9 Å². The Labute approximate surface area is 191 Å². The molecule has 170 valence electrons. The Bertz CT molecular complexity index is 1230. The molecule has 3 aromatic carbocycles. The monoisotopic (exact) mass is 466 g/mol. The summed E-state index contributed by atoms with van der Waals surface area (Å²) in [6, 6.07) is 22.4. The summed E-state index contributed by atoms with van der Waals surface area (Å²) in [7, 11) is -3.07. The molecule has 8 nitrogen and oxygen atoms in total. The predicted molar refractivity (Wildman–Crippen MR) is 124 cm³/mol. The maximum absolute atomic E-state index is 13.6. The SMILES string of the molecule is CCN(C(C(=O)OC)=C(c1ccccc1)c1ccccc1)S(=O)(=O)c1ccc([N+](=O)[O-])cc1. The number of benzene rings is 3. The van der Waals surface area contributed by atoms with Crippen molar-refractivity contribution in [2.45, 2.75) is 11.8 Å². The Kier molecular flexibility index (Phi) is 7.24. The summed E-state index contributed by atoms with van der Waals surface area (Å²) in [6.07, 6.45) is 0. The molecular formula is C24H22N2O6S. The largest absolute Gasteiger partial charge is 0.464 e. The van der Waals surface area contributed by atoms with Gasteiger partial charge < -0.3 is 4.74 Å². The smallest absolute Gasteiger partial charge is 0.356 e. The number of carbonyl (C=O) groups is 1. The molecule has 3 aromatic rings. The second kappa shape index (κ2) is 10.1. The quantitative estimate of drug-likeness (QED) is 0.213. The zero-order valence-electron chi connectivity index (χ0n) is 18.0. The van der Waals surface area contributed by atoms with E-state index in [1.165, 1.54) is 7.11 Å². The minimum absolute atomic E-state index is 0.0765. The van der Waals surface area contributed by atoms with E-state index in [1.54, 1.807) is 55.5 Å². The molecule has 0 spiro atoms. The molecular weight excluding hydrogens is 444 g/mol. The topological polar surface area (TPSA) is 107 Å². The number of hydrogen-bond acceptors (Lipinski definition) is 6. The van der Waals surface area contributed by atoms with Crippen LogP contribution in [0.2, 0.25) is 0 Å². The van der Waals surface area contributed by atoms with Crippen LogP contribution in [0.1, 0.15) is 18.1 Å². The second-order valence-electron chi connectivity index (χ2n) is 6.87. The summed E-state index contributed by atoms with van der Waals surface area (Å²) in [5, 5.41) is 11.0. The molecule has 0 bridgehead atoms. The van der Waals surface area contributed by atoms with Crippen molar-refractivity contribution in [3.05, 3.63) is 112 Å². The van der Waals surface area contributed by atoms with Gasteiger partial charge in [-0.05, 0) is 30.2 Å². The van der Waals surface area contributed by atoms with Crippen molar-refractivity contribution >= 4 is 27.3 Å². The molecule has 0 radical (unpaired) electrons. The lowest BCUT2D eigenvalue weighted by Gasteiger charge is -2.27. The van der Waals surface area contributed by atoms with E-state index in [0.717, 1.165) is 28.6 Å². The highest BCUT2D eigenvalue weighted by molar-refractivity contribution is 7.89. The van der Waals surface area contributed by atoms with Gasteiger partial charge in [-0.25, -0.2) is 13.2 Å². The fraction of sp³-hybridized carbons (Fsp3) is 0.125. The van der Waals surface area contributed by atoms with Crippen LogP contribution in [0.25, 0.3) is 5.57 Å². The molecule has 0 unspecified atom stereocenters. The number of methoxy groups -OCH3 is 1. The van der Waals surface area contributed by atoms with Crippen LogP contribution < -0.4 is 0 Å². The van der Waals surface area contributed by atoms with Gasteiger partial charge in [-0.2, -0.15) is 0 Å². The molecule has 3 rings (SSSR count). The average molecular weight is 467 g/mol. The Balaban J connectivity index is 2.31. The lowest BCUT2D eigenvalue weighted by atomic mass is 9.95. The van der Waals surface area contributed by atoms with Crippen molar-refractivity contribution in [1.29, 1.82) is 0 Å². The first-order valence-electron chi connectivity index (χ1n) is 10.0. The van der Waals surface area contributed by atoms with Gasteiger partial charge in [-0.15, -0.1) is 0 Å². The standard InChI is InChI=1S/C24H22N2O6S/c1-3-25(33(30,31)21-16-14-20(15-17-21)26(28)29)23(24(27)32-2)22(18-10-6-4-7-11-18)19-12-8-5-9-13-19/h4-17H,3H2,1-2H3. The van der Waals surface area contributed by atoms with Crippen molar-refractivity contribution in [3.63, 3.8) is 0 Å². The molecule has 0 N–H and O–H groups in total. The molecule has 33 heavy (non-hydrogen) atoms. The summed E-state index contributed by atoms with van der Waals surface area (Å²) in [5.41, 5.74) is 1.24. The molecule has 0 fully saturated rings. The van der Waals surface area contributed by atoms with Gasteiger partial charge in [0.05, 0.1) is 16.9 Å². The first-order valence-corrected chi connectivity index (χ1v) is 11.5. The number of rotatable bonds is 8. The van der Waals surface area contributed by atoms with E-state index in [9.17, 15) is 23.3 Å². The number of ether oxygens (including phenoxy) is 1. The number of nitro benzene ring substituents is 1. The van der Waals surface area contributed by atoms with Gasteiger partial charge in [0.15, 0.2) is 0 Å². The third kappa shape index (κ3) is 4.93. The molecule has 9 heteroatoms.